The van der Waals surface area contributed by atoms with Crippen LogP contribution < -0.4 is 17.7 Å². The number of nitrogens with zero attached hydrogens (tertiary/aromatic N) is 1. The average molecular weight is 207 g/mol. The Balaban J connectivity index is 0. The summed E-state index contributed by atoms with van der Waals surface area (Å²) in [5.41, 5.74) is 0. The van der Waals surface area contributed by atoms with Crippen LogP contribution in [0.5, 0.6) is 0 Å². The molecule has 0 unspecified atom stereocenters. The maximum Gasteiger partial charge on any atom is 0.249 e. The predicted octanol–water partition coefficient (Wildman–Crippen LogP) is -2.26. The minimum Gasteiger partial charge on any atom is -1.00 e. The van der Waals surface area contributed by atoms with Gasteiger partial charge in [-0.1, -0.05) is 6.92 Å². The van der Waals surface area contributed by atoms with Crippen LogP contribution in [-0.2, 0) is 4.79 Å². The SMILES string of the molecule is CCCNC(=O)/C=C/[N+](C)(C)C.[Cl-]. The smallest absolute Gasteiger partial charge is 0.249 e. The molecule has 0 saturated heterocycles. The van der Waals surface area contributed by atoms with Crippen molar-refractivity contribution in [1.82, 2.24) is 5.32 Å². The summed E-state index contributed by atoms with van der Waals surface area (Å²) in [4.78, 5) is 11.0. The molecule has 0 bridgehead atoms. The largest absolute Gasteiger partial charge is 1.00 e. The topological polar surface area (TPSA) is 29.1 Å². The first-order valence-corrected chi connectivity index (χ1v) is 4.24. The van der Waals surface area contributed by atoms with E-state index >= 15 is 0 Å². The maximum absolute atomic E-state index is 11.0. The molecular formula is C9H19ClN2O. The number of nitrogens with one attached hydrogen (secondary N) is 1. The number of hydrogen-bond acceptors (Lipinski definition) is 1. The van der Waals surface area contributed by atoms with Crippen molar-refractivity contribution < 1.29 is 21.7 Å². The molecule has 3 nitrogen and oxygen atoms in total. The van der Waals surface area contributed by atoms with Crippen molar-refractivity contribution in [2.75, 3.05) is 27.7 Å². The number of quaternary nitrogens is 1. The van der Waals surface area contributed by atoms with Crippen molar-refractivity contribution >= 4 is 5.91 Å². The number of amides is 1. The molecule has 0 aliphatic carbocycles. The Morgan fingerprint density at radius 2 is 1.92 bits per heavy atom. The van der Waals surface area contributed by atoms with E-state index in [2.05, 4.69) is 5.32 Å². The van der Waals surface area contributed by atoms with Crippen molar-refractivity contribution in [3.8, 4) is 0 Å². The monoisotopic (exact) mass is 206 g/mol. The Labute approximate surface area is 86.8 Å². The van der Waals surface area contributed by atoms with E-state index in [1.807, 2.05) is 34.3 Å². The van der Waals surface area contributed by atoms with Crippen molar-refractivity contribution in [2.24, 2.45) is 0 Å². The fraction of sp³-hybridized carbons (Fsp3) is 0.667. The first-order valence-electron chi connectivity index (χ1n) is 4.24. The zero-order valence-corrected chi connectivity index (χ0v) is 9.56. The van der Waals surface area contributed by atoms with Crippen molar-refractivity contribution in [3.63, 3.8) is 0 Å². The van der Waals surface area contributed by atoms with Gasteiger partial charge in [-0.05, 0) is 6.42 Å². The second-order valence-corrected chi connectivity index (χ2v) is 3.72. The Bertz CT molecular complexity index is 173. The Morgan fingerprint density at radius 3 is 2.31 bits per heavy atom. The maximum atomic E-state index is 11.0. The number of halogens is 1. The van der Waals surface area contributed by atoms with Crippen LogP contribution in [0.1, 0.15) is 13.3 Å². The van der Waals surface area contributed by atoms with Gasteiger partial charge in [-0.3, -0.25) is 4.79 Å². The van der Waals surface area contributed by atoms with E-state index in [0.717, 1.165) is 13.0 Å². The summed E-state index contributed by atoms with van der Waals surface area (Å²) >= 11 is 0. The highest BCUT2D eigenvalue weighted by molar-refractivity contribution is 5.87. The lowest BCUT2D eigenvalue weighted by Gasteiger charge is -2.16. The molecule has 0 aromatic heterocycles. The third-order valence-electron chi connectivity index (χ3n) is 1.22. The minimum atomic E-state index is -0.00935. The van der Waals surface area contributed by atoms with Gasteiger partial charge in [-0.15, -0.1) is 0 Å². The van der Waals surface area contributed by atoms with E-state index in [1.165, 1.54) is 0 Å². The quantitative estimate of drug-likeness (QED) is 0.408. The van der Waals surface area contributed by atoms with Crippen LogP contribution >= 0.6 is 0 Å². The summed E-state index contributed by atoms with van der Waals surface area (Å²) in [5, 5.41) is 2.77. The zero-order chi connectivity index (χ0) is 9.61. The van der Waals surface area contributed by atoms with Crippen LogP contribution in [0, 0.1) is 0 Å². The van der Waals surface area contributed by atoms with Gasteiger partial charge in [0.05, 0.1) is 27.2 Å². The summed E-state index contributed by atoms with van der Waals surface area (Å²) in [7, 11) is 6.01. The van der Waals surface area contributed by atoms with Crippen LogP contribution in [0.2, 0.25) is 0 Å². The molecule has 0 aliphatic rings. The molecule has 0 fully saturated rings. The fourth-order valence-electron chi connectivity index (χ4n) is 0.598. The Kier molecular flexibility index (Phi) is 7.96. The molecule has 1 N–H and O–H groups in total. The Hall–Kier alpha value is -0.540. The first kappa shape index (κ1) is 15.0. The second-order valence-electron chi connectivity index (χ2n) is 3.72. The highest BCUT2D eigenvalue weighted by Gasteiger charge is 2.01. The van der Waals surface area contributed by atoms with E-state index in [1.54, 1.807) is 6.08 Å². The van der Waals surface area contributed by atoms with Gasteiger partial charge in [0.2, 0.25) is 5.91 Å². The van der Waals surface area contributed by atoms with Crippen LogP contribution in [0.15, 0.2) is 12.3 Å². The summed E-state index contributed by atoms with van der Waals surface area (Å²) in [6.07, 6.45) is 4.41. The lowest BCUT2D eigenvalue weighted by Crippen LogP contribution is -3.00. The molecule has 0 spiro atoms. The van der Waals surface area contributed by atoms with Crippen molar-refractivity contribution in [1.29, 1.82) is 0 Å². The standard InChI is InChI=1S/C9H18N2O.ClH/c1-5-7-10-9(12)6-8-11(2,3)4;/h6,8H,5,7H2,1-4H3;1H/b8-6+;. The lowest BCUT2D eigenvalue weighted by molar-refractivity contribution is -0.817. The normalized spacial score (nSPS) is 11.1. The van der Waals surface area contributed by atoms with Crippen LogP contribution in [-0.4, -0.2) is 38.1 Å². The fourth-order valence-corrected chi connectivity index (χ4v) is 0.598. The minimum absolute atomic E-state index is 0. The number of carbonyl (C=O) groups excluding carboxylic acids is 1. The van der Waals surface area contributed by atoms with E-state index < -0.39 is 0 Å². The number of carbonyl (C=O) groups is 1. The number of rotatable bonds is 4. The van der Waals surface area contributed by atoms with E-state index in [-0.39, 0.29) is 18.3 Å². The van der Waals surface area contributed by atoms with E-state index in [0.29, 0.717) is 4.48 Å². The molecule has 0 aliphatic heterocycles. The number of hydrogen-bond donors (Lipinski definition) is 1. The molecule has 4 heteroatoms. The molecule has 1 amide bonds. The molecule has 0 aromatic carbocycles. The van der Waals surface area contributed by atoms with E-state index in [9.17, 15) is 4.79 Å². The molecule has 0 heterocycles. The van der Waals surface area contributed by atoms with Crippen molar-refractivity contribution in [2.45, 2.75) is 13.3 Å². The summed E-state index contributed by atoms with van der Waals surface area (Å²) < 4.78 is 0.666. The lowest BCUT2D eigenvalue weighted by atomic mass is 10.4. The molecule has 0 saturated carbocycles. The highest BCUT2D eigenvalue weighted by atomic mass is 35.5. The van der Waals surface area contributed by atoms with Gasteiger partial charge in [0.1, 0.15) is 6.20 Å². The summed E-state index contributed by atoms with van der Waals surface area (Å²) in [5.74, 6) is -0.00935. The third kappa shape index (κ3) is 11.5. The molecule has 0 aromatic rings. The van der Waals surface area contributed by atoms with Gasteiger partial charge in [0, 0.05) is 6.54 Å². The molecule has 78 valence electrons. The molecule has 0 rings (SSSR count). The second kappa shape index (κ2) is 6.92. The molecule has 0 radical (unpaired) electrons. The van der Waals surface area contributed by atoms with Crippen LogP contribution in [0.25, 0.3) is 0 Å². The molecule has 0 atom stereocenters. The predicted molar refractivity (Wildman–Crippen MR) is 50.5 cm³/mol. The zero-order valence-electron chi connectivity index (χ0n) is 8.80. The molecule has 13 heavy (non-hydrogen) atoms. The third-order valence-corrected chi connectivity index (χ3v) is 1.22. The van der Waals surface area contributed by atoms with Crippen LogP contribution in [0.3, 0.4) is 0 Å². The van der Waals surface area contributed by atoms with Crippen molar-refractivity contribution in [3.05, 3.63) is 12.3 Å². The van der Waals surface area contributed by atoms with Gasteiger partial charge in [0.25, 0.3) is 0 Å². The Morgan fingerprint density at radius 1 is 1.38 bits per heavy atom. The average Bonchev–Trinajstić information content (AvgIpc) is 1.95. The van der Waals surface area contributed by atoms with Crippen LogP contribution in [0.4, 0.5) is 0 Å². The first-order chi connectivity index (χ1) is 5.45. The summed E-state index contributed by atoms with van der Waals surface area (Å²) in [6.45, 7) is 2.78. The van der Waals surface area contributed by atoms with E-state index in [4.69, 9.17) is 0 Å². The van der Waals surface area contributed by atoms with Gasteiger partial charge in [-0.2, -0.15) is 0 Å². The van der Waals surface area contributed by atoms with Gasteiger partial charge in [0.15, 0.2) is 0 Å². The summed E-state index contributed by atoms with van der Waals surface area (Å²) in [6, 6.07) is 0. The molecular weight excluding hydrogens is 188 g/mol. The van der Waals surface area contributed by atoms with Gasteiger partial charge < -0.3 is 22.2 Å². The van der Waals surface area contributed by atoms with Gasteiger partial charge >= 0.3 is 0 Å². The highest BCUT2D eigenvalue weighted by Crippen LogP contribution is 1.90. The van der Waals surface area contributed by atoms with Gasteiger partial charge in [-0.25, -0.2) is 0 Å².